The Labute approximate surface area is 121 Å². The molecule has 0 heterocycles. The summed E-state index contributed by atoms with van der Waals surface area (Å²) >= 11 is 0. The number of hydrogen-bond acceptors (Lipinski definition) is 4. The van der Waals surface area contributed by atoms with Crippen LogP contribution in [0.25, 0.3) is 0 Å². The minimum Gasteiger partial charge on any atom is -0.265 e. The summed E-state index contributed by atoms with van der Waals surface area (Å²) in [7, 11) is 0. The highest BCUT2D eigenvalue weighted by molar-refractivity contribution is 5.41. The fourth-order valence-corrected chi connectivity index (χ4v) is 2.21. The van der Waals surface area contributed by atoms with Gasteiger partial charge in [0.25, 0.3) is 5.69 Å². The maximum Gasteiger partial charge on any atom is 0.269 e. The van der Waals surface area contributed by atoms with Crippen molar-refractivity contribution in [3.63, 3.8) is 0 Å². The summed E-state index contributed by atoms with van der Waals surface area (Å²) in [5.74, 6) is -0.500. The van der Waals surface area contributed by atoms with Gasteiger partial charge in [-0.2, -0.15) is 0 Å². The molecule has 0 radical (unpaired) electrons. The van der Waals surface area contributed by atoms with Crippen molar-refractivity contribution >= 4 is 5.69 Å². The molecule has 0 bridgehead atoms. The molecule has 6 heteroatoms. The Kier molecular flexibility index (Phi) is 4.27. The van der Waals surface area contributed by atoms with E-state index in [-0.39, 0.29) is 12.2 Å². The zero-order valence-electron chi connectivity index (χ0n) is 11.4. The monoisotopic (exact) mass is 286 g/mol. The van der Waals surface area contributed by atoms with Crippen molar-refractivity contribution < 1.29 is 9.85 Å². The largest absolute Gasteiger partial charge is 0.269 e. The summed E-state index contributed by atoms with van der Waals surface area (Å²) in [5.41, 5.74) is 2.34. The van der Waals surface area contributed by atoms with Gasteiger partial charge in [-0.3, -0.25) is 20.2 Å². The molecule has 0 saturated carbocycles. The van der Waals surface area contributed by atoms with Crippen molar-refractivity contribution in [2.75, 3.05) is 6.54 Å². The maximum absolute atomic E-state index is 10.9. The van der Waals surface area contributed by atoms with Crippen LogP contribution in [0, 0.1) is 27.2 Å². The first kappa shape index (κ1) is 14.6. The SMILES string of the molecule is Cc1ccc([C@@H](C[N+](=O)[O-])c2cccc([N+](=O)[O-])c2)cc1. The molecule has 6 nitrogen and oxygen atoms in total. The number of nitro groups is 2. The summed E-state index contributed by atoms with van der Waals surface area (Å²) in [4.78, 5) is 20.9. The minimum atomic E-state index is -0.500. The quantitative estimate of drug-likeness (QED) is 0.623. The van der Waals surface area contributed by atoms with Gasteiger partial charge in [0.1, 0.15) is 0 Å². The van der Waals surface area contributed by atoms with Crippen LogP contribution < -0.4 is 0 Å². The van der Waals surface area contributed by atoms with E-state index >= 15 is 0 Å². The molecule has 0 spiro atoms. The lowest BCUT2D eigenvalue weighted by molar-refractivity contribution is -0.481. The standard InChI is InChI=1S/C15H14N2O4/c1-11-5-7-12(8-6-11)15(10-16(18)19)13-3-2-4-14(9-13)17(20)21/h2-9,15H,10H2,1H3/t15-/m1/s1. The van der Waals surface area contributed by atoms with Crippen LogP contribution in [0.4, 0.5) is 5.69 Å². The van der Waals surface area contributed by atoms with Crippen LogP contribution in [0.5, 0.6) is 0 Å². The van der Waals surface area contributed by atoms with Crippen LogP contribution in [0.1, 0.15) is 22.6 Å². The van der Waals surface area contributed by atoms with Gasteiger partial charge in [0, 0.05) is 17.1 Å². The lowest BCUT2D eigenvalue weighted by atomic mass is 9.90. The summed E-state index contributed by atoms with van der Waals surface area (Å²) in [6, 6.07) is 13.4. The van der Waals surface area contributed by atoms with Crippen LogP contribution in [-0.2, 0) is 0 Å². The van der Waals surface area contributed by atoms with Gasteiger partial charge in [-0.05, 0) is 18.1 Å². The van der Waals surface area contributed by atoms with Crippen molar-refractivity contribution in [1.82, 2.24) is 0 Å². The molecule has 0 unspecified atom stereocenters. The molecule has 0 fully saturated rings. The Bertz CT molecular complexity index is 668. The molecule has 0 N–H and O–H groups in total. The van der Waals surface area contributed by atoms with Gasteiger partial charge < -0.3 is 0 Å². The van der Waals surface area contributed by atoms with Crippen LogP contribution in [0.3, 0.4) is 0 Å². The van der Waals surface area contributed by atoms with E-state index in [4.69, 9.17) is 0 Å². The Hall–Kier alpha value is -2.76. The number of benzene rings is 2. The second-order valence-corrected chi connectivity index (χ2v) is 4.83. The molecule has 0 aromatic heterocycles. The van der Waals surface area contributed by atoms with E-state index < -0.39 is 15.8 Å². The number of aryl methyl sites for hydroxylation is 1. The Morgan fingerprint density at radius 3 is 2.24 bits per heavy atom. The Balaban J connectivity index is 2.44. The molecular formula is C15H14N2O4. The summed E-state index contributed by atoms with van der Waals surface area (Å²) in [6.45, 7) is 1.63. The zero-order valence-corrected chi connectivity index (χ0v) is 11.4. The smallest absolute Gasteiger partial charge is 0.265 e. The van der Waals surface area contributed by atoms with E-state index in [1.54, 1.807) is 12.1 Å². The number of non-ortho nitro benzene ring substituents is 1. The number of nitro benzene ring substituents is 1. The third-order valence-electron chi connectivity index (χ3n) is 3.29. The van der Waals surface area contributed by atoms with E-state index in [1.165, 1.54) is 12.1 Å². The van der Waals surface area contributed by atoms with Crippen molar-refractivity contribution in [1.29, 1.82) is 0 Å². The Morgan fingerprint density at radius 1 is 1.00 bits per heavy atom. The highest BCUT2D eigenvalue weighted by Crippen LogP contribution is 2.27. The van der Waals surface area contributed by atoms with Crippen LogP contribution >= 0.6 is 0 Å². The van der Waals surface area contributed by atoms with Crippen LogP contribution in [0.2, 0.25) is 0 Å². The van der Waals surface area contributed by atoms with Gasteiger partial charge in [-0.15, -0.1) is 0 Å². The van der Waals surface area contributed by atoms with Crippen molar-refractivity contribution in [3.05, 3.63) is 85.4 Å². The molecular weight excluding hydrogens is 272 g/mol. The topological polar surface area (TPSA) is 86.3 Å². The van der Waals surface area contributed by atoms with E-state index in [1.807, 2.05) is 31.2 Å². The van der Waals surface area contributed by atoms with Crippen LogP contribution in [0.15, 0.2) is 48.5 Å². The molecule has 0 amide bonds. The second-order valence-electron chi connectivity index (χ2n) is 4.83. The van der Waals surface area contributed by atoms with Gasteiger partial charge in [0.15, 0.2) is 0 Å². The number of rotatable bonds is 5. The van der Waals surface area contributed by atoms with Crippen molar-refractivity contribution in [2.45, 2.75) is 12.8 Å². The first-order valence-corrected chi connectivity index (χ1v) is 6.40. The second kappa shape index (κ2) is 6.13. The average Bonchev–Trinajstić information content (AvgIpc) is 2.46. The molecule has 2 aromatic carbocycles. The van der Waals surface area contributed by atoms with Crippen molar-refractivity contribution in [2.24, 2.45) is 0 Å². The third kappa shape index (κ3) is 3.62. The molecule has 1 atom stereocenters. The molecule has 0 aliphatic heterocycles. The average molecular weight is 286 g/mol. The zero-order chi connectivity index (χ0) is 15.4. The van der Waals surface area contributed by atoms with E-state index in [0.29, 0.717) is 5.56 Å². The molecule has 0 saturated heterocycles. The Morgan fingerprint density at radius 2 is 1.67 bits per heavy atom. The first-order chi connectivity index (χ1) is 9.97. The van der Waals surface area contributed by atoms with E-state index in [9.17, 15) is 20.2 Å². The third-order valence-corrected chi connectivity index (χ3v) is 3.29. The normalized spacial score (nSPS) is 11.9. The summed E-state index contributed by atoms with van der Waals surface area (Å²) in [6.07, 6.45) is 0. The van der Waals surface area contributed by atoms with Gasteiger partial charge >= 0.3 is 0 Å². The van der Waals surface area contributed by atoms with Gasteiger partial charge in [0.2, 0.25) is 6.54 Å². The predicted octanol–water partition coefficient (Wildman–Crippen LogP) is 3.31. The highest BCUT2D eigenvalue weighted by atomic mass is 16.6. The highest BCUT2D eigenvalue weighted by Gasteiger charge is 2.21. The van der Waals surface area contributed by atoms with Crippen molar-refractivity contribution in [3.8, 4) is 0 Å². The molecule has 0 aliphatic carbocycles. The minimum absolute atomic E-state index is 0.0621. The lowest BCUT2D eigenvalue weighted by Crippen LogP contribution is -2.14. The lowest BCUT2D eigenvalue weighted by Gasteiger charge is -2.14. The number of nitrogens with zero attached hydrogens (tertiary/aromatic N) is 2. The number of hydrogen-bond donors (Lipinski definition) is 0. The first-order valence-electron chi connectivity index (χ1n) is 6.40. The molecule has 21 heavy (non-hydrogen) atoms. The van der Waals surface area contributed by atoms with E-state index in [0.717, 1.165) is 11.1 Å². The predicted molar refractivity (Wildman–Crippen MR) is 78.0 cm³/mol. The molecule has 0 aliphatic rings. The fraction of sp³-hybridized carbons (Fsp3) is 0.200. The van der Waals surface area contributed by atoms with Gasteiger partial charge in [0.05, 0.1) is 10.8 Å². The summed E-state index contributed by atoms with van der Waals surface area (Å²) < 4.78 is 0. The van der Waals surface area contributed by atoms with Gasteiger partial charge in [-0.1, -0.05) is 42.0 Å². The summed E-state index contributed by atoms with van der Waals surface area (Å²) in [5, 5.41) is 21.8. The van der Waals surface area contributed by atoms with E-state index in [2.05, 4.69) is 0 Å². The molecule has 2 rings (SSSR count). The molecule has 108 valence electrons. The molecule has 2 aromatic rings. The van der Waals surface area contributed by atoms with Gasteiger partial charge in [-0.25, -0.2) is 0 Å². The maximum atomic E-state index is 10.9. The fourth-order valence-electron chi connectivity index (χ4n) is 2.21. The van der Waals surface area contributed by atoms with Crippen LogP contribution in [-0.4, -0.2) is 16.4 Å².